The number of carbonyl (C=O) groups is 2. The number of nitrogens with one attached hydrogen (secondary N) is 1. The molecule has 4 aromatic carbocycles. The van der Waals surface area contributed by atoms with Gasteiger partial charge in [0.05, 0.1) is 15.6 Å². The molecular formula is C33H32Cl3N3O4S. The van der Waals surface area contributed by atoms with Crippen LogP contribution in [0.15, 0.2) is 102 Å². The largest absolute Gasteiger partial charge is 0.355 e. The molecule has 4 aromatic rings. The molecule has 0 heterocycles. The lowest BCUT2D eigenvalue weighted by atomic mass is 10.0. The van der Waals surface area contributed by atoms with Crippen molar-refractivity contribution in [3.8, 4) is 0 Å². The topological polar surface area (TPSA) is 86.8 Å². The molecule has 0 unspecified atom stereocenters. The molecule has 0 aliphatic heterocycles. The minimum atomic E-state index is -4.28. The van der Waals surface area contributed by atoms with E-state index in [9.17, 15) is 18.0 Å². The molecule has 0 bridgehead atoms. The Labute approximate surface area is 273 Å². The molecule has 0 aliphatic carbocycles. The molecule has 4 rings (SSSR count). The molecule has 230 valence electrons. The number of hydrogen-bond acceptors (Lipinski definition) is 4. The monoisotopic (exact) mass is 671 g/mol. The molecule has 0 aromatic heterocycles. The van der Waals surface area contributed by atoms with Gasteiger partial charge in [-0.2, -0.15) is 0 Å². The number of para-hydroxylation sites is 1. The van der Waals surface area contributed by atoms with Crippen LogP contribution in [0.3, 0.4) is 0 Å². The molecule has 0 fully saturated rings. The van der Waals surface area contributed by atoms with E-state index >= 15 is 0 Å². The summed E-state index contributed by atoms with van der Waals surface area (Å²) in [6, 6.07) is 25.9. The average Bonchev–Trinajstić information content (AvgIpc) is 3.00. The van der Waals surface area contributed by atoms with Crippen molar-refractivity contribution >= 4 is 62.3 Å². The highest BCUT2D eigenvalue weighted by molar-refractivity contribution is 7.92. The van der Waals surface area contributed by atoms with E-state index < -0.39 is 34.4 Å². The van der Waals surface area contributed by atoms with Gasteiger partial charge in [0, 0.05) is 35.1 Å². The highest BCUT2D eigenvalue weighted by Gasteiger charge is 2.35. The van der Waals surface area contributed by atoms with Crippen molar-refractivity contribution in [2.24, 2.45) is 0 Å². The van der Waals surface area contributed by atoms with E-state index in [4.69, 9.17) is 34.8 Å². The number of hydrogen-bond donors (Lipinski definition) is 1. The van der Waals surface area contributed by atoms with Crippen LogP contribution in [0, 0.1) is 6.92 Å². The number of amides is 2. The van der Waals surface area contributed by atoms with Gasteiger partial charge >= 0.3 is 0 Å². The van der Waals surface area contributed by atoms with Crippen molar-refractivity contribution < 1.29 is 18.0 Å². The summed E-state index contributed by atoms with van der Waals surface area (Å²) in [7, 11) is -4.28. The van der Waals surface area contributed by atoms with Gasteiger partial charge in [-0.15, -0.1) is 0 Å². The number of carbonyl (C=O) groups excluding carboxylic acids is 2. The van der Waals surface area contributed by atoms with Crippen LogP contribution in [-0.2, 0) is 32.6 Å². The fraction of sp³-hybridized carbons (Fsp3) is 0.212. The van der Waals surface area contributed by atoms with Gasteiger partial charge in [0.25, 0.3) is 10.0 Å². The van der Waals surface area contributed by atoms with Gasteiger partial charge in [-0.3, -0.25) is 13.9 Å². The molecule has 1 atom stereocenters. The van der Waals surface area contributed by atoms with Crippen LogP contribution in [0.2, 0.25) is 15.1 Å². The summed E-state index contributed by atoms with van der Waals surface area (Å²) in [5.74, 6) is -1.05. The summed E-state index contributed by atoms with van der Waals surface area (Å²) >= 11 is 19.6. The summed E-state index contributed by atoms with van der Waals surface area (Å²) in [6.07, 6.45) is 0.164. The van der Waals surface area contributed by atoms with Gasteiger partial charge < -0.3 is 10.2 Å². The van der Waals surface area contributed by atoms with Crippen molar-refractivity contribution in [3.63, 3.8) is 0 Å². The van der Waals surface area contributed by atoms with Crippen LogP contribution in [0.1, 0.15) is 23.6 Å². The van der Waals surface area contributed by atoms with Crippen LogP contribution in [0.25, 0.3) is 0 Å². The summed E-state index contributed by atoms with van der Waals surface area (Å²) in [6.45, 7) is 3.16. The quantitative estimate of drug-likeness (QED) is 0.177. The summed E-state index contributed by atoms with van der Waals surface area (Å²) < 4.78 is 29.2. The lowest BCUT2D eigenvalue weighted by Crippen LogP contribution is -2.53. The van der Waals surface area contributed by atoms with Crippen LogP contribution in [0.5, 0.6) is 0 Å². The Morgan fingerprint density at radius 2 is 1.39 bits per heavy atom. The zero-order chi connectivity index (χ0) is 31.9. The third-order valence-corrected chi connectivity index (χ3v) is 9.82. The second-order valence-electron chi connectivity index (χ2n) is 10.1. The molecule has 2 amide bonds. The third-order valence-electron chi connectivity index (χ3n) is 7.02. The fourth-order valence-electron chi connectivity index (χ4n) is 4.70. The Morgan fingerprint density at radius 3 is 2.00 bits per heavy atom. The van der Waals surface area contributed by atoms with Gasteiger partial charge in [-0.05, 0) is 55.8 Å². The zero-order valence-electron chi connectivity index (χ0n) is 24.2. The molecule has 0 radical (unpaired) electrons. The summed E-state index contributed by atoms with van der Waals surface area (Å²) in [4.78, 5) is 29.4. The number of aryl methyl sites for hydroxylation is 1. The summed E-state index contributed by atoms with van der Waals surface area (Å²) in [5, 5.41) is 3.57. The van der Waals surface area contributed by atoms with Gasteiger partial charge in [0.1, 0.15) is 12.6 Å². The first-order valence-corrected chi connectivity index (χ1v) is 16.5. The van der Waals surface area contributed by atoms with E-state index in [1.165, 1.54) is 23.1 Å². The van der Waals surface area contributed by atoms with Gasteiger partial charge in [0.15, 0.2) is 0 Å². The first-order valence-electron chi connectivity index (χ1n) is 13.9. The molecule has 7 nitrogen and oxygen atoms in total. The molecule has 0 aliphatic rings. The molecular weight excluding hydrogens is 641 g/mol. The van der Waals surface area contributed by atoms with Gasteiger partial charge in [-0.25, -0.2) is 8.42 Å². The highest BCUT2D eigenvalue weighted by Crippen LogP contribution is 2.32. The van der Waals surface area contributed by atoms with Crippen molar-refractivity contribution in [2.75, 3.05) is 17.4 Å². The first-order chi connectivity index (χ1) is 21.0. The second kappa shape index (κ2) is 14.9. The van der Waals surface area contributed by atoms with E-state index in [2.05, 4.69) is 5.32 Å². The molecule has 1 N–H and O–H groups in total. The smallest absolute Gasteiger partial charge is 0.264 e. The van der Waals surface area contributed by atoms with Crippen molar-refractivity contribution in [1.82, 2.24) is 10.2 Å². The Hall–Kier alpha value is -3.56. The maximum Gasteiger partial charge on any atom is 0.264 e. The van der Waals surface area contributed by atoms with E-state index in [0.717, 1.165) is 15.4 Å². The number of anilines is 1. The van der Waals surface area contributed by atoms with Crippen LogP contribution in [0.4, 0.5) is 5.69 Å². The third kappa shape index (κ3) is 7.93. The predicted octanol–water partition coefficient (Wildman–Crippen LogP) is 6.93. The maximum atomic E-state index is 14.4. The zero-order valence-corrected chi connectivity index (χ0v) is 27.3. The second-order valence-corrected chi connectivity index (χ2v) is 13.2. The maximum absolute atomic E-state index is 14.4. The van der Waals surface area contributed by atoms with Gasteiger partial charge in [-0.1, -0.05) is 101 Å². The molecule has 0 spiro atoms. The highest BCUT2D eigenvalue weighted by atomic mass is 35.5. The number of benzene rings is 4. The minimum absolute atomic E-state index is 0.0129. The summed E-state index contributed by atoms with van der Waals surface area (Å²) in [5.41, 5.74) is 2.23. The minimum Gasteiger partial charge on any atom is -0.355 e. The molecule has 11 heteroatoms. The molecule has 0 saturated heterocycles. The van der Waals surface area contributed by atoms with E-state index in [-0.39, 0.29) is 28.6 Å². The van der Waals surface area contributed by atoms with Crippen LogP contribution < -0.4 is 9.62 Å². The number of halogens is 3. The Bertz CT molecular complexity index is 1700. The van der Waals surface area contributed by atoms with E-state index in [1.54, 1.807) is 55.5 Å². The number of nitrogens with zero attached hydrogens (tertiary/aromatic N) is 2. The first kappa shape index (κ1) is 33.3. The number of likely N-dealkylation sites (N-methyl/N-ethyl adjacent to an activating group) is 1. The lowest BCUT2D eigenvalue weighted by molar-refractivity contribution is -0.140. The molecule has 44 heavy (non-hydrogen) atoms. The van der Waals surface area contributed by atoms with E-state index in [1.807, 2.05) is 37.3 Å². The average molecular weight is 673 g/mol. The standard InChI is InChI=1S/C33H32Cl3N3O4S/c1-3-37-33(41)31(20-24-10-5-4-6-11-24)38(21-26-27(34)13-9-14-28(26)35)32(40)22-39(30-15-8-7-12-29(30)36)44(42,43)25-18-16-23(2)17-19-25/h4-19,31H,3,20-22H2,1-2H3,(H,37,41)/t31-/m1/s1. The predicted molar refractivity (Wildman–Crippen MR) is 177 cm³/mol. The fourth-order valence-corrected chi connectivity index (χ4v) is 6.94. The Morgan fingerprint density at radius 1 is 0.795 bits per heavy atom. The van der Waals surface area contributed by atoms with Crippen LogP contribution in [-0.4, -0.2) is 44.3 Å². The Kier molecular flexibility index (Phi) is 11.3. The van der Waals surface area contributed by atoms with Crippen molar-refractivity contribution in [2.45, 2.75) is 37.8 Å². The van der Waals surface area contributed by atoms with Crippen molar-refractivity contribution in [1.29, 1.82) is 0 Å². The normalized spacial score (nSPS) is 11.9. The van der Waals surface area contributed by atoms with Gasteiger partial charge in [0.2, 0.25) is 11.8 Å². The molecule has 0 saturated carbocycles. The van der Waals surface area contributed by atoms with E-state index in [0.29, 0.717) is 22.2 Å². The SMILES string of the molecule is CCNC(=O)[C@@H](Cc1ccccc1)N(Cc1c(Cl)cccc1Cl)C(=O)CN(c1ccccc1Cl)S(=O)(=O)c1ccc(C)cc1. The number of sulfonamides is 1. The lowest BCUT2D eigenvalue weighted by Gasteiger charge is -2.34. The van der Waals surface area contributed by atoms with Crippen molar-refractivity contribution in [3.05, 3.63) is 129 Å². The Balaban J connectivity index is 1.84. The number of rotatable bonds is 12. The van der Waals surface area contributed by atoms with Crippen LogP contribution >= 0.6 is 34.8 Å².